The Bertz CT molecular complexity index is 745. The highest BCUT2D eigenvalue weighted by Crippen LogP contribution is 2.31. The van der Waals surface area contributed by atoms with Crippen molar-refractivity contribution in [3.05, 3.63) is 40.2 Å². The lowest BCUT2D eigenvalue weighted by Crippen LogP contribution is -2.38. The van der Waals surface area contributed by atoms with Crippen LogP contribution in [0, 0.1) is 0 Å². The summed E-state index contributed by atoms with van der Waals surface area (Å²) >= 11 is 0. The Morgan fingerprint density at radius 2 is 1.77 bits per heavy atom. The highest BCUT2D eigenvalue weighted by atomic mass is 16.5. The van der Waals surface area contributed by atoms with Crippen molar-refractivity contribution in [3.8, 4) is 22.8 Å². The fourth-order valence-electron chi connectivity index (χ4n) is 2.21. The Morgan fingerprint density at radius 3 is 2.32 bits per heavy atom. The first kappa shape index (κ1) is 16.0. The molecule has 2 aromatic rings. The van der Waals surface area contributed by atoms with Crippen LogP contribution in [-0.2, 0) is 12.6 Å². The van der Waals surface area contributed by atoms with Crippen molar-refractivity contribution in [1.29, 1.82) is 0 Å². The molecule has 0 saturated heterocycles. The van der Waals surface area contributed by atoms with Crippen molar-refractivity contribution in [1.82, 2.24) is 9.78 Å². The van der Waals surface area contributed by atoms with Gasteiger partial charge in [-0.15, -0.1) is 0 Å². The van der Waals surface area contributed by atoms with Crippen LogP contribution in [-0.4, -0.2) is 24.0 Å². The summed E-state index contributed by atoms with van der Waals surface area (Å²) in [5.41, 5.74) is 7.12. The number of benzene rings is 1. The molecule has 0 spiro atoms. The molecule has 0 unspecified atom stereocenters. The molecule has 6 heteroatoms. The van der Waals surface area contributed by atoms with Crippen LogP contribution in [0.25, 0.3) is 11.3 Å². The number of nitrogens with zero attached hydrogens (tertiary/aromatic N) is 2. The van der Waals surface area contributed by atoms with Gasteiger partial charge in [-0.05, 0) is 38.1 Å². The van der Waals surface area contributed by atoms with Gasteiger partial charge in [0.05, 0.1) is 19.9 Å². The van der Waals surface area contributed by atoms with Gasteiger partial charge in [0.25, 0.3) is 5.56 Å². The van der Waals surface area contributed by atoms with E-state index in [9.17, 15) is 4.79 Å². The van der Waals surface area contributed by atoms with Crippen LogP contribution in [0.2, 0.25) is 0 Å². The number of hydrogen-bond acceptors (Lipinski definition) is 5. The molecular formula is C16H21N3O3. The molecule has 0 aliphatic rings. The fourth-order valence-corrected chi connectivity index (χ4v) is 2.21. The third-order valence-electron chi connectivity index (χ3n) is 3.44. The van der Waals surface area contributed by atoms with Gasteiger partial charge >= 0.3 is 0 Å². The normalized spacial score (nSPS) is 11.4. The average Bonchev–Trinajstić information content (AvgIpc) is 2.47. The van der Waals surface area contributed by atoms with Crippen molar-refractivity contribution in [2.45, 2.75) is 19.4 Å². The van der Waals surface area contributed by atoms with E-state index in [2.05, 4.69) is 5.10 Å². The van der Waals surface area contributed by atoms with Crippen molar-refractivity contribution in [2.75, 3.05) is 14.2 Å². The molecular weight excluding hydrogens is 282 g/mol. The van der Waals surface area contributed by atoms with Crippen LogP contribution >= 0.6 is 0 Å². The molecule has 2 N–H and O–H groups in total. The van der Waals surface area contributed by atoms with E-state index in [-0.39, 0.29) is 5.56 Å². The summed E-state index contributed by atoms with van der Waals surface area (Å²) in [5.74, 6) is 1.24. The Kier molecular flexibility index (Phi) is 4.23. The van der Waals surface area contributed by atoms with Crippen LogP contribution in [0.5, 0.6) is 11.5 Å². The number of aromatic nitrogens is 2. The van der Waals surface area contributed by atoms with Gasteiger partial charge in [-0.25, -0.2) is 4.68 Å². The molecule has 0 amide bonds. The lowest BCUT2D eigenvalue weighted by Gasteiger charge is -2.19. The largest absolute Gasteiger partial charge is 0.493 e. The maximum atomic E-state index is 12.2. The van der Waals surface area contributed by atoms with Crippen LogP contribution < -0.4 is 20.8 Å². The first-order chi connectivity index (χ1) is 10.3. The summed E-state index contributed by atoms with van der Waals surface area (Å²) in [5, 5.41) is 4.30. The summed E-state index contributed by atoms with van der Waals surface area (Å²) in [4.78, 5) is 12.2. The van der Waals surface area contributed by atoms with E-state index in [1.165, 1.54) is 4.68 Å². The first-order valence-electron chi connectivity index (χ1n) is 6.88. The maximum absolute atomic E-state index is 12.2. The van der Waals surface area contributed by atoms with Gasteiger partial charge in [0.15, 0.2) is 11.5 Å². The Hall–Kier alpha value is -2.34. The zero-order valence-corrected chi connectivity index (χ0v) is 13.5. The summed E-state index contributed by atoms with van der Waals surface area (Å²) in [6.07, 6.45) is 0. The molecule has 1 aromatic carbocycles. The monoisotopic (exact) mass is 303 g/mol. The average molecular weight is 303 g/mol. The second-order valence-electron chi connectivity index (χ2n) is 5.66. The third-order valence-corrected chi connectivity index (χ3v) is 3.44. The standard InChI is InChI=1S/C16H21N3O3/c1-16(2,17)11-9-12(18-19(3)15(11)20)10-6-7-13(21-4)14(8-10)22-5/h6-9H,17H2,1-5H3. The predicted molar refractivity (Wildman–Crippen MR) is 85.2 cm³/mol. The first-order valence-corrected chi connectivity index (χ1v) is 6.88. The van der Waals surface area contributed by atoms with Gasteiger partial charge in [0.2, 0.25) is 0 Å². The van der Waals surface area contributed by atoms with Gasteiger partial charge in [0, 0.05) is 23.7 Å². The number of rotatable bonds is 4. The molecule has 0 bridgehead atoms. The summed E-state index contributed by atoms with van der Waals surface area (Å²) in [7, 11) is 4.77. The highest BCUT2D eigenvalue weighted by Gasteiger charge is 2.21. The molecule has 118 valence electrons. The van der Waals surface area contributed by atoms with E-state index in [0.717, 1.165) is 5.56 Å². The predicted octanol–water partition coefficient (Wildman–Crippen LogP) is 1.66. The molecule has 22 heavy (non-hydrogen) atoms. The lowest BCUT2D eigenvalue weighted by molar-refractivity contribution is 0.355. The minimum absolute atomic E-state index is 0.197. The smallest absolute Gasteiger partial charge is 0.271 e. The topological polar surface area (TPSA) is 79.4 Å². The van der Waals surface area contributed by atoms with E-state index >= 15 is 0 Å². The van der Waals surface area contributed by atoms with Gasteiger partial charge in [-0.2, -0.15) is 5.10 Å². The number of methoxy groups -OCH3 is 2. The van der Waals surface area contributed by atoms with Crippen LogP contribution in [0.1, 0.15) is 19.4 Å². The second-order valence-corrected chi connectivity index (χ2v) is 5.66. The van der Waals surface area contributed by atoms with E-state index in [1.807, 2.05) is 12.1 Å². The van der Waals surface area contributed by atoms with Crippen LogP contribution in [0.4, 0.5) is 0 Å². The number of aryl methyl sites for hydroxylation is 1. The summed E-state index contributed by atoms with van der Waals surface area (Å²) in [6.45, 7) is 3.59. The molecule has 0 radical (unpaired) electrons. The van der Waals surface area contributed by atoms with Crippen LogP contribution in [0.15, 0.2) is 29.1 Å². The number of ether oxygens (including phenoxy) is 2. The molecule has 0 saturated carbocycles. The van der Waals surface area contributed by atoms with Crippen molar-refractivity contribution in [2.24, 2.45) is 12.8 Å². The zero-order valence-electron chi connectivity index (χ0n) is 13.5. The van der Waals surface area contributed by atoms with Gasteiger partial charge in [0.1, 0.15) is 0 Å². The van der Waals surface area contributed by atoms with Gasteiger partial charge in [-0.3, -0.25) is 4.79 Å². The van der Waals surface area contributed by atoms with Crippen molar-refractivity contribution in [3.63, 3.8) is 0 Å². The second kappa shape index (κ2) is 5.81. The lowest BCUT2D eigenvalue weighted by atomic mass is 9.96. The fraction of sp³-hybridized carbons (Fsp3) is 0.375. The van der Waals surface area contributed by atoms with Crippen LogP contribution in [0.3, 0.4) is 0 Å². The molecule has 1 heterocycles. The minimum Gasteiger partial charge on any atom is -0.493 e. The summed E-state index contributed by atoms with van der Waals surface area (Å²) in [6, 6.07) is 7.21. The van der Waals surface area contributed by atoms with E-state index in [4.69, 9.17) is 15.2 Å². The van der Waals surface area contributed by atoms with E-state index in [0.29, 0.717) is 22.8 Å². The van der Waals surface area contributed by atoms with Gasteiger partial charge < -0.3 is 15.2 Å². The number of hydrogen-bond donors (Lipinski definition) is 1. The molecule has 2 rings (SSSR count). The molecule has 0 aliphatic carbocycles. The number of nitrogens with two attached hydrogens (primary N) is 1. The molecule has 0 atom stereocenters. The minimum atomic E-state index is -0.747. The maximum Gasteiger partial charge on any atom is 0.271 e. The molecule has 0 aliphatic heterocycles. The zero-order chi connectivity index (χ0) is 16.5. The summed E-state index contributed by atoms with van der Waals surface area (Å²) < 4.78 is 11.8. The Balaban J connectivity index is 2.63. The van der Waals surface area contributed by atoms with E-state index in [1.54, 1.807) is 47.2 Å². The molecule has 6 nitrogen and oxygen atoms in total. The van der Waals surface area contributed by atoms with Crippen molar-refractivity contribution >= 4 is 0 Å². The Morgan fingerprint density at radius 1 is 1.14 bits per heavy atom. The Labute approximate surface area is 129 Å². The van der Waals surface area contributed by atoms with E-state index < -0.39 is 5.54 Å². The van der Waals surface area contributed by atoms with Gasteiger partial charge in [-0.1, -0.05) is 0 Å². The van der Waals surface area contributed by atoms with Crippen molar-refractivity contribution < 1.29 is 9.47 Å². The molecule has 0 fully saturated rings. The molecule has 1 aromatic heterocycles. The quantitative estimate of drug-likeness (QED) is 0.929. The third kappa shape index (κ3) is 2.96. The SMILES string of the molecule is COc1ccc(-c2cc(C(C)(C)N)c(=O)n(C)n2)cc1OC. The highest BCUT2D eigenvalue weighted by molar-refractivity contribution is 5.64.